The maximum Gasteiger partial charge on any atom is 0.240 e. The number of hydrogen-bond acceptors (Lipinski definition) is 6. The van der Waals surface area contributed by atoms with Crippen LogP contribution in [0.15, 0.2) is 84.0 Å². The normalized spacial score (nSPS) is 17.0. The molecule has 1 amide bonds. The molecule has 9 heteroatoms. The van der Waals surface area contributed by atoms with Crippen molar-refractivity contribution >= 4 is 35.0 Å². The van der Waals surface area contributed by atoms with Gasteiger partial charge >= 0.3 is 0 Å². The van der Waals surface area contributed by atoms with Crippen LogP contribution < -0.4 is 15.5 Å². The Labute approximate surface area is 200 Å². The molecule has 1 aliphatic rings. The topological polar surface area (TPSA) is 81.1 Å². The molecule has 2 heterocycles. The third-order valence-electron chi connectivity index (χ3n) is 5.33. The van der Waals surface area contributed by atoms with Gasteiger partial charge in [-0.05, 0) is 29.8 Å². The maximum absolute atomic E-state index is 13.4. The third-order valence-corrected chi connectivity index (χ3v) is 6.88. The van der Waals surface area contributed by atoms with E-state index in [0.717, 1.165) is 16.9 Å². The summed E-state index contributed by atoms with van der Waals surface area (Å²) in [7, 11) is 1.62. The number of anilines is 1. The van der Waals surface area contributed by atoms with Gasteiger partial charge in [0, 0.05) is 5.56 Å². The molecular formula is C24H20ClN5O2S. The van der Waals surface area contributed by atoms with Crippen LogP contribution in [-0.2, 0) is 4.79 Å². The Morgan fingerprint density at radius 3 is 2.48 bits per heavy atom. The summed E-state index contributed by atoms with van der Waals surface area (Å²) < 4.78 is 7.14. The molecule has 33 heavy (non-hydrogen) atoms. The number of nitrogens with zero attached hydrogens (tertiary/aromatic N) is 3. The van der Waals surface area contributed by atoms with Crippen LogP contribution in [-0.4, -0.2) is 33.1 Å². The number of ether oxygens (including phenoxy) is 1. The number of hydrogen-bond donors (Lipinski definition) is 2. The van der Waals surface area contributed by atoms with E-state index < -0.39 is 5.25 Å². The number of halogens is 1. The van der Waals surface area contributed by atoms with Crippen molar-refractivity contribution in [2.75, 3.05) is 17.9 Å². The Balaban J connectivity index is 1.52. The van der Waals surface area contributed by atoms with Gasteiger partial charge < -0.3 is 15.5 Å². The fraction of sp³-hybridized carbons (Fsp3) is 0.125. The lowest BCUT2D eigenvalue weighted by molar-refractivity contribution is -0.116. The van der Waals surface area contributed by atoms with Crippen molar-refractivity contribution < 1.29 is 9.53 Å². The molecule has 7 nitrogen and oxygen atoms in total. The molecule has 4 aromatic rings. The summed E-state index contributed by atoms with van der Waals surface area (Å²) in [5.41, 5.74) is 5.89. The van der Waals surface area contributed by atoms with Crippen LogP contribution in [0.1, 0.15) is 11.6 Å². The molecule has 2 N–H and O–H groups in total. The summed E-state index contributed by atoms with van der Waals surface area (Å²) in [5, 5.41) is 12.2. The first kappa shape index (κ1) is 21.4. The van der Waals surface area contributed by atoms with Gasteiger partial charge in [0.1, 0.15) is 11.0 Å². The molecule has 0 radical (unpaired) electrons. The lowest BCUT2D eigenvalue weighted by Crippen LogP contribution is -2.41. The number of carbonyl (C=O) groups excluding carboxylic acids is 1. The van der Waals surface area contributed by atoms with Gasteiger partial charge in [0.05, 0.1) is 23.9 Å². The van der Waals surface area contributed by atoms with Crippen LogP contribution in [0.5, 0.6) is 5.75 Å². The highest BCUT2D eigenvalue weighted by atomic mass is 35.5. The number of amides is 1. The molecule has 3 aromatic carbocycles. The van der Waals surface area contributed by atoms with Crippen molar-refractivity contribution in [3.8, 4) is 17.1 Å². The number of carbonyl (C=O) groups is 1. The summed E-state index contributed by atoms with van der Waals surface area (Å²) in [4.78, 5) is 13.4. The fourth-order valence-electron chi connectivity index (χ4n) is 3.66. The van der Waals surface area contributed by atoms with Crippen LogP contribution in [0.4, 0.5) is 5.69 Å². The lowest BCUT2D eigenvalue weighted by Gasteiger charge is -2.33. The molecular weight excluding hydrogens is 458 g/mol. The molecule has 2 atom stereocenters. The van der Waals surface area contributed by atoms with E-state index in [-0.39, 0.29) is 11.9 Å². The minimum absolute atomic E-state index is 0.183. The van der Waals surface area contributed by atoms with Gasteiger partial charge in [-0.25, -0.2) is 4.68 Å². The van der Waals surface area contributed by atoms with E-state index in [1.54, 1.807) is 19.2 Å². The highest BCUT2D eigenvalue weighted by molar-refractivity contribution is 8.00. The number of para-hydroxylation sites is 1. The first-order chi connectivity index (χ1) is 16.1. The average molecular weight is 478 g/mol. The first-order valence-corrected chi connectivity index (χ1v) is 11.5. The number of aromatic nitrogens is 3. The number of benzene rings is 3. The monoisotopic (exact) mass is 477 g/mol. The second-order valence-electron chi connectivity index (χ2n) is 7.40. The molecule has 0 aliphatic carbocycles. The smallest absolute Gasteiger partial charge is 0.240 e. The Morgan fingerprint density at radius 1 is 1.03 bits per heavy atom. The second kappa shape index (κ2) is 9.17. The van der Waals surface area contributed by atoms with Gasteiger partial charge in [-0.1, -0.05) is 78.0 Å². The van der Waals surface area contributed by atoms with Gasteiger partial charge in [-0.15, -0.1) is 10.2 Å². The van der Waals surface area contributed by atoms with Crippen LogP contribution in [0.3, 0.4) is 0 Å². The SMILES string of the molecule is COc1ccc([C@@H]2Nn3c(nnc3-c3ccccc3)S[C@@H]2C(=O)Nc2ccccc2Cl)cc1. The van der Waals surface area contributed by atoms with E-state index in [2.05, 4.69) is 20.9 Å². The molecule has 0 spiro atoms. The molecule has 0 saturated heterocycles. The van der Waals surface area contributed by atoms with E-state index >= 15 is 0 Å². The fourth-order valence-corrected chi connectivity index (χ4v) is 4.92. The Bertz CT molecular complexity index is 1280. The summed E-state index contributed by atoms with van der Waals surface area (Å²) in [5.74, 6) is 1.24. The predicted molar refractivity (Wildman–Crippen MR) is 130 cm³/mol. The molecule has 0 saturated carbocycles. The zero-order chi connectivity index (χ0) is 22.8. The van der Waals surface area contributed by atoms with Gasteiger partial charge in [-0.3, -0.25) is 4.79 Å². The van der Waals surface area contributed by atoms with E-state index in [1.807, 2.05) is 71.4 Å². The largest absolute Gasteiger partial charge is 0.497 e. The van der Waals surface area contributed by atoms with Crippen molar-refractivity contribution in [1.82, 2.24) is 14.9 Å². The molecule has 1 aromatic heterocycles. The van der Waals surface area contributed by atoms with E-state index in [9.17, 15) is 4.79 Å². The van der Waals surface area contributed by atoms with Crippen LogP contribution >= 0.6 is 23.4 Å². The Kier molecular flexibility index (Phi) is 5.93. The van der Waals surface area contributed by atoms with Crippen molar-refractivity contribution in [2.45, 2.75) is 16.4 Å². The quantitative estimate of drug-likeness (QED) is 0.421. The zero-order valence-electron chi connectivity index (χ0n) is 17.6. The Hall–Kier alpha value is -3.49. The van der Waals surface area contributed by atoms with Crippen molar-refractivity contribution in [2.24, 2.45) is 0 Å². The van der Waals surface area contributed by atoms with Gasteiger partial charge in [0.2, 0.25) is 11.1 Å². The third kappa shape index (κ3) is 4.27. The standard InChI is InChI=1S/C24H20ClN5O2S/c1-32-17-13-11-15(12-14-17)20-21(23(31)26-19-10-6-5-9-18(19)25)33-24-28-27-22(30(24)29-20)16-7-3-2-4-8-16/h2-14,20-21,29H,1H3,(H,26,31)/t20-,21-/m0/s1. The average Bonchev–Trinajstić information content (AvgIpc) is 3.28. The summed E-state index contributed by atoms with van der Waals surface area (Å²) in [6.45, 7) is 0. The molecule has 5 rings (SSSR count). The van der Waals surface area contributed by atoms with E-state index in [4.69, 9.17) is 16.3 Å². The summed E-state index contributed by atoms with van der Waals surface area (Å²) in [6.07, 6.45) is 0. The minimum atomic E-state index is -0.519. The van der Waals surface area contributed by atoms with Crippen LogP contribution in [0.2, 0.25) is 5.02 Å². The molecule has 0 unspecified atom stereocenters. The van der Waals surface area contributed by atoms with Gasteiger partial charge in [0.15, 0.2) is 5.82 Å². The molecule has 1 aliphatic heterocycles. The highest BCUT2D eigenvalue weighted by Crippen LogP contribution is 2.39. The summed E-state index contributed by atoms with van der Waals surface area (Å²) in [6, 6.07) is 24.3. The lowest BCUT2D eigenvalue weighted by atomic mass is 10.0. The molecule has 0 fully saturated rings. The van der Waals surface area contributed by atoms with E-state index in [1.165, 1.54) is 11.8 Å². The predicted octanol–water partition coefficient (Wildman–Crippen LogP) is 5.00. The van der Waals surface area contributed by atoms with Crippen molar-refractivity contribution in [3.63, 3.8) is 0 Å². The maximum atomic E-state index is 13.4. The van der Waals surface area contributed by atoms with Crippen LogP contribution in [0, 0.1) is 0 Å². The van der Waals surface area contributed by atoms with Crippen molar-refractivity contribution in [1.29, 1.82) is 0 Å². The van der Waals surface area contributed by atoms with E-state index in [0.29, 0.717) is 21.7 Å². The van der Waals surface area contributed by atoms with Gasteiger partial charge in [-0.2, -0.15) is 0 Å². The zero-order valence-corrected chi connectivity index (χ0v) is 19.2. The summed E-state index contributed by atoms with van der Waals surface area (Å²) >= 11 is 7.63. The number of thioether (sulfide) groups is 1. The highest BCUT2D eigenvalue weighted by Gasteiger charge is 2.38. The first-order valence-electron chi connectivity index (χ1n) is 10.3. The number of methoxy groups -OCH3 is 1. The van der Waals surface area contributed by atoms with Crippen molar-refractivity contribution in [3.05, 3.63) is 89.4 Å². The van der Waals surface area contributed by atoms with Crippen LogP contribution in [0.25, 0.3) is 11.4 Å². The van der Waals surface area contributed by atoms with Gasteiger partial charge in [0.25, 0.3) is 0 Å². The minimum Gasteiger partial charge on any atom is -0.497 e. The molecule has 166 valence electrons. The number of rotatable bonds is 5. The second-order valence-corrected chi connectivity index (χ2v) is 8.91. The number of fused-ring (bicyclic) bond motifs is 1. The Morgan fingerprint density at radius 2 is 1.76 bits per heavy atom. The molecule has 0 bridgehead atoms. The number of nitrogens with one attached hydrogen (secondary N) is 2.